The Hall–Kier alpha value is -1.95. The summed E-state index contributed by atoms with van der Waals surface area (Å²) in [6, 6.07) is 3.58. The molecule has 0 aliphatic heterocycles. The molecule has 5 nitrogen and oxygen atoms in total. The van der Waals surface area contributed by atoms with Gasteiger partial charge in [0.05, 0.1) is 22.6 Å². The third kappa shape index (κ3) is 4.03. The van der Waals surface area contributed by atoms with E-state index in [9.17, 15) is 4.79 Å². The molecule has 0 unspecified atom stereocenters. The van der Waals surface area contributed by atoms with Crippen molar-refractivity contribution in [1.82, 2.24) is 15.3 Å². The second kappa shape index (κ2) is 7.00. The minimum atomic E-state index is -0.153. The lowest BCUT2D eigenvalue weighted by molar-refractivity contribution is 0.0949. The summed E-state index contributed by atoms with van der Waals surface area (Å²) < 4.78 is 0. The van der Waals surface area contributed by atoms with Crippen LogP contribution in [0, 0.1) is 6.92 Å². The molecule has 2 N–H and O–H groups in total. The number of rotatable bonds is 6. The van der Waals surface area contributed by atoms with Crippen LogP contribution < -0.4 is 10.6 Å². The van der Waals surface area contributed by atoms with Gasteiger partial charge in [-0.05, 0) is 26.0 Å². The van der Waals surface area contributed by atoms with Crippen molar-refractivity contribution in [1.29, 1.82) is 0 Å². The lowest BCUT2D eigenvalue weighted by Gasteiger charge is -2.05. The van der Waals surface area contributed by atoms with Crippen molar-refractivity contribution in [3.8, 4) is 0 Å². The largest absolute Gasteiger partial charge is 0.384 e. The number of thiazole rings is 1. The van der Waals surface area contributed by atoms with E-state index in [1.54, 1.807) is 23.6 Å². The molecule has 20 heavy (non-hydrogen) atoms. The fourth-order valence-corrected chi connectivity index (χ4v) is 2.40. The van der Waals surface area contributed by atoms with Crippen molar-refractivity contribution in [3.05, 3.63) is 40.1 Å². The second-order valence-electron chi connectivity index (χ2n) is 4.33. The van der Waals surface area contributed by atoms with Crippen molar-refractivity contribution >= 4 is 22.9 Å². The van der Waals surface area contributed by atoms with Crippen molar-refractivity contribution in [2.45, 2.75) is 20.3 Å². The van der Waals surface area contributed by atoms with Crippen molar-refractivity contribution in [3.63, 3.8) is 0 Å². The summed E-state index contributed by atoms with van der Waals surface area (Å²) >= 11 is 1.62. The monoisotopic (exact) mass is 290 g/mol. The predicted octanol–water partition coefficient (Wildman–Crippen LogP) is 2.25. The van der Waals surface area contributed by atoms with Crippen LogP contribution in [0.25, 0.3) is 0 Å². The van der Waals surface area contributed by atoms with E-state index in [1.807, 2.05) is 25.3 Å². The van der Waals surface area contributed by atoms with E-state index in [2.05, 4.69) is 20.6 Å². The van der Waals surface area contributed by atoms with Gasteiger partial charge in [0.25, 0.3) is 5.91 Å². The average molecular weight is 290 g/mol. The molecule has 0 saturated heterocycles. The topological polar surface area (TPSA) is 66.9 Å². The molecular formula is C14H18N4OS. The Morgan fingerprint density at radius 2 is 2.25 bits per heavy atom. The summed E-state index contributed by atoms with van der Waals surface area (Å²) in [5.74, 6) is -0.153. The van der Waals surface area contributed by atoms with Crippen molar-refractivity contribution in [2.75, 3.05) is 18.4 Å². The van der Waals surface area contributed by atoms with Gasteiger partial charge in [-0.25, -0.2) is 9.97 Å². The van der Waals surface area contributed by atoms with Gasteiger partial charge in [0.15, 0.2) is 0 Å². The van der Waals surface area contributed by atoms with Gasteiger partial charge >= 0.3 is 0 Å². The lowest BCUT2D eigenvalue weighted by Crippen LogP contribution is -2.26. The first-order valence-electron chi connectivity index (χ1n) is 6.58. The highest BCUT2D eigenvalue weighted by atomic mass is 32.1. The van der Waals surface area contributed by atoms with E-state index >= 15 is 0 Å². The number of nitrogens with zero attached hydrogens (tertiary/aromatic N) is 2. The summed E-state index contributed by atoms with van der Waals surface area (Å²) in [6.45, 7) is 5.39. The van der Waals surface area contributed by atoms with E-state index in [0.29, 0.717) is 12.2 Å². The molecule has 106 valence electrons. The third-order valence-corrected chi connectivity index (χ3v) is 3.53. The van der Waals surface area contributed by atoms with Crippen LogP contribution >= 0.6 is 11.3 Å². The first-order chi connectivity index (χ1) is 9.69. The third-order valence-electron chi connectivity index (χ3n) is 2.71. The van der Waals surface area contributed by atoms with E-state index in [1.165, 1.54) is 0 Å². The van der Waals surface area contributed by atoms with Crippen LogP contribution in [0.15, 0.2) is 23.7 Å². The van der Waals surface area contributed by atoms with Gasteiger partial charge in [0.2, 0.25) is 0 Å². The second-order valence-corrected chi connectivity index (χ2v) is 5.39. The highest BCUT2D eigenvalue weighted by Crippen LogP contribution is 2.08. The Labute approximate surface area is 122 Å². The molecule has 0 aromatic carbocycles. The van der Waals surface area contributed by atoms with E-state index in [4.69, 9.17) is 0 Å². The van der Waals surface area contributed by atoms with Crippen LogP contribution in [0.1, 0.15) is 28.1 Å². The van der Waals surface area contributed by atoms with Crippen molar-refractivity contribution < 1.29 is 4.79 Å². The molecule has 0 saturated carbocycles. The lowest BCUT2D eigenvalue weighted by atomic mass is 10.3. The summed E-state index contributed by atoms with van der Waals surface area (Å²) in [7, 11) is 0. The summed E-state index contributed by atoms with van der Waals surface area (Å²) in [6.07, 6.45) is 2.41. The molecule has 2 heterocycles. The fourth-order valence-electron chi connectivity index (χ4n) is 1.75. The van der Waals surface area contributed by atoms with Gasteiger partial charge in [-0.2, -0.15) is 0 Å². The zero-order valence-corrected chi connectivity index (χ0v) is 12.5. The molecule has 0 atom stereocenters. The number of carbonyl (C=O) groups is 1. The average Bonchev–Trinajstić information content (AvgIpc) is 2.85. The Morgan fingerprint density at radius 1 is 1.40 bits per heavy atom. The molecule has 2 aromatic heterocycles. The minimum absolute atomic E-state index is 0.153. The number of hydrogen-bond donors (Lipinski definition) is 2. The predicted molar refractivity (Wildman–Crippen MR) is 81.3 cm³/mol. The quantitative estimate of drug-likeness (QED) is 0.856. The molecule has 2 aromatic rings. The summed E-state index contributed by atoms with van der Waals surface area (Å²) in [4.78, 5) is 20.4. The van der Waals surface area contributed by atoms with Gasteiger partial charge < -0.3 is 10.6 Å². The van der Waals surface area contributed by atoms with Gasteiger partial charge in [0.1, 0.15) is 5.69 Å². The van der Waals surface area contributed by atoms with E-state index in [0.717, 1.165) is 29.4 Å². The van der Waals surface area contributed by atoms with Crippen LogP contribution in [-0.2, 0) is 6.42 Å². The van der Waals surface area contributed by atoms with Gasteiger partial charge in [0, 0.05) is 24.9 Å². The molecule has 6 heteroatoms. The summed E-state index contributed by atoms with van der Waals surface area (Å²) in [5, 5.41) is 9.06. The number of amides is 1. The molecule has 0 spiro atoms. The Kier molecular flexibility index (Phi) is 5.06. The standard InChI is InChI=1S/C14H18N4OS/c1-3-15-11-4-5-13(17-8-11)14(19)16-7-6-12-9-20-10(2)18-12/h4-5,8-9,15H,3,6-7H2,1-2H3,(H,16,19). The van der Waals surface area contributed by atoms with Gasteiger partial charge in [-0.15, -0.1) is 11.3 Å². The van der Waals surface area contributed by atoms with Crippen molar-refractivity contribution in [2.24, 2.45) is 0 Å². The van der Waals surface area contributed by atoms with Gasteiger partial charge in [-0.1, -0.05) is 0 Å². The minimum Gasteiger partial charge on any atom is -0.384 e. The fraction of sp³-hybridized carbons (Fsp3) is 0.357. The molecule has 0 bridgehead atoms. The number of aryl methyl sites for hydroxylation is 1. The van der Waals surface area contributed by atoms with Crippen LogP contribution in [0.2, 0.25) is 0 Å². The molecule has 0 aliphatic carbocycles. The Morgan fingerprint density at radius 3 is 2.85 bits per heavy atom. The molecule has 1 amide bonds. The normalized spacial score (nSPS) is 10.3. The maximum atomic E-state index is 11.9. The number of aromatic nitrogens is 2. The number of pyridine rings is 1. The number of anilines is 1. The zero-order valence-electron chi connectivity index (χ0n) is 11.6. The highest BCUT2D eigenvalue weighted by molar-refractivity contribution is 7.09. The Bertz CT molecular complexity index is 565. The molecular weight excluding hydrogens is 272 g/mol. The number of hydrogen-bond acceptors (Lipinski definition) is 5. The SMILES string of the molecule is CCNc1ccc(C(=O)NCCc2csc(C)n2)nc1. The van der Waals surface area contributed by atoms with Crippen LogP contribution in [0.5, 0.6) is 0 Å². The molecule has 2 rings (SSSR count). The smallest absolute Gasteiger partial charge is 0.269 e. The molecule has 0 aliphatic rings. The number of carbonyl (C=O) groups excluding carboxylic acids is 1. The van der Waals surface area contributed by atoms with Crippen LogP contribution in [0.4, 0.5) is 5.69 Å². The highest BCUT2D eigenvalue weighted by Gasteiger charge is 2.07. The maximum Gasteiger partial charge on any atom is 0.269 e. The number of nitrogens with one attached hydrogen (secondary N) is 2. The zero-order chi connectivity index (χ0) is 14.4. The molecule has 0 fully saturated rings. The first kappa shape index (κ1) is 14.5. The van der Waals surface area contributed by atoms with E-state index < -0.39 is 0 Å². The van der Waals surface area contributed by atoms with Gasteiger partial charge in [-0.3, -0.25) is 4.79 Å². The van der Waals surface area contributed by atoms with Crippen LogP contribution in [-0.4, -0.2) is 29.0 Å². The first-order valence-corrected chi connectivity index (χ1v) is 7.46. The summed E-state index contributed by atoms with van der Waals surface area (Å²) in [5.41, 5.74) is 2.37. The molecule has 0 radical (unpaired) electrons. The van der Waals surface area contributed by atoms with E-state index in [-0.39, 0.29) is 5.91 Å². The maximum absolute atomic E-state index is 11.9. The van der Waals surface area contributed by atoms with Crippen LogP contribution in [0.3, 0.4) is 0 Å². The Balaban J connectivity index is 1.82.